The summed E-state index contributed by atoms with van der Waals surface area (Å²) in [6.07, 6.45) is 0. The van der Waals surface area contributed by atoms with Gasteiger partial charge in [-0.05, 0) is 0 Å². The number of hydrogen-bond acceptors (Lipinski definition) is 4. The van der Waals surface area contributed by atoms with E-state index in [1.165, 1.54) is 0 Å². The number of nitrogens with zero attached hydrogens (tertiary/aromatic N) is 1. The molecule has 0 aliphatic heterocycles. The Morgan fingerprint density at radius 1 is 1.42 bits per heavy atom. The van der Waals surface area contributed by atoms with Crippen molar-refractivity contribution in [3.63, 3.8) is 0 Å². The Balaban J connectivity index is 4.70. The van der Waals surface area contributed by atoms with Gasteiger partial charge in [-0.1, -0.05) is 0 Å². The van der Waals surface area contributed by atoms with Crippen LogP contribution in [0, 0.1) is 0 Å². The molecule has 0 fully saturated rings. The molecule has 0 aromatic rings. The van der Waals surface area contributed by atoms with Gasteiger partial charge in [-0.15, -0.1) is 0 Å². The number of alkyl halides is 3. The lowest BCUT2D eigenvalue weighted by molar-refractivity contribution is -0.0504. The van der Waals surface area contributed by atoms with Crippen molar-refractivity contribution < 1.29 is 25.8 Å². The zero-order valence-electron chi connectivity index (χ0n) is 6.21. The maximum absolute atomic E-state index is 11.6. The van der Waals surface area contributed by atoms with Crippen LogP contribution in [0.4, 0.5) is 13.2 Å². The first-order valence-electron chi connectivity index (χ1n) is 2.65. The highest BCUT2D eigenvalue weighted by Gasteiger charge is 2.48. The predicted octanol–water partition coefficient (Wildman–Crippen LogP) is 0.901. The van der Waals surface area contributed by atoms with Gasteiger partial charge >= 0.3 is 15.6 Å². The van der Waals surface area contributed by atoms with E-state index in [0.717, 1.165) is 14.0 Å². The van der Waals surface area contributed by atoms with Gasteiger partial charge in [0.15, 0.2) is 0 Å². The zero-order chi connectivity index (χ0) is 9.99. The average Bonchev–Trinajstić information content (AvgIpc) is 1.84. The zero-order valence-corrected chi connectivity index (χ0v) is 7.03. The van der Waals surface area contributed by atoms with E-state index >= 15 is 0 Å². The molecule has 0 bridgehead atoms. The van der Waals surface area contributed by atoms with E-state index in [4.69, 9.17) is 0 Å². The fourth-order valence-electron chi connectivity index (χ4n) is 0.243. The van der Waals surface area contributed by atoms with Gasteiger partial charge in [-0.3, -0.25) is 4.99 Å². The molecule has 8 heteroatoms. The molecule has 0 amide bonds. The highest BCUT2D eigenvalue weighted by atomic mass is 32.2. The highest BCUT2D eigenvalue weighted by molar-refractivity contribution is 7.88. The fourth-order valence-corrected chi connectivity index (χ4v) is 0.730. The molecule has 0 aromatic heterocycles. The van der Waals surface area contributed by atoms with Crippen LogP contribution in [0.3, 0.4) is 0 Å². The van der Waals surface area contributed by atoms with Gasteiger partial charge in [0.05, 0.1) is 0 Å². The van der Waals surface area contributed by atoms with Gasteiger partial charge in [-0.2, -0.15) is 21.6 Å². The second kappa shape index (κ2) is 3.30. The van der Waals surface area contributed by atoms with Crippen LogP contribution >= 0.6 is 0 Å². The first kappa shape index (κ1) is 11.2. The van der Waals surface area contributed by atoms with Crippen LogP contribution in [0.1, 0.15) is 6.92 Å². The number of rotatable bonds is 1. The van der Waals surface area contributed by atoms with Crippen LogP contribution in [0.25, 0.3) is 0 Å². The van der Waals surface area contributed by atoms with Gasteiger partial charge < -0.3 is 4.18 Å². The summed E-state index contributed by atoms with van der Waals surface area (Å²) in [4.78, 5) is 3.10. The van der Waals surface area contributed by atoms with Gasteiger partial charge in [0.25, 0.3) is 0 Å². The molecule has 0 radical (unpaired) electrons. The quantitative estimate of drug-likeness (QED) is 0.276. The Hall–Kier alpha value is -0.790. The summed E-state index contributed by atoms with van der Waals surface area (Å²) in [5, 5.41) is 0. The van der Waals surface area contributed by atoms with Crippen molar-refractivity contribution >= 4 is 16.0 Å². The van der Waals surface area contributed by atoms with Gasteiger partial charge in [0.2, 0.25) is 5.90 Å². The smallest absolute Gasteiger partial charge is 0.361 e. The van der Waals surface area contributed by atoms with Crippen LogP contribution in [-0.2, 0) is 14.3 Å². The van der Waals surface area contributed by atoms with Crippen molar-refractivity contribution in [1.82, 2.24) is 0 Å². The molecule has 0 saturated heterocycles. The normalized spacial score (nSPS) is 14.6. The Labute approximate surface area is 67.2 Å². The largest absolute Gasteiger partial charge is 0.534 e. The molecule has 0 aromatic carbocycles. The van der Waals surface area contributed by atoms with E-state index in [0.29, 0.717) is 0 Å². The van der Waals surface area contributed by atoms with E-state index in [2.05, 4.69) is 9.18 Å². The highest BCUT2D eigenvalue weighted by Crippen LogP contribution is 2.24. The topological polar surface area (TPSA) is 55.7 Å². The minimum Gasteiger partial charge on any atom is -0.361 e. The molecule has 0 N–H and O–H groups in total. The minimum atomic E-state index is -5.54. The first-order valence-corrected chi connectivity index (χ1v) is 4.05. The summed E-state index contributed by atoms with van der Waals surface area (Å²) in [6.45, 7) is 1.00. The van der Waals surface area contributed by atoms with E-state index in [1.54, 1.807) is 0 Å². The maximum atomic E-state index is 11.6. The Bertz CT molecular complexity index is 278. The molecule has 0 aliphatic rings. The Kier molecular flexibility index (Phi) is 3.08. The third kappa shape index (κ3) is 2.68. The SMILES string of the molecule is CN=C(C)OS(=O)(=O)C(F)(F)F. The van der Waals surface area contributed by atoms with Gasteiger partial charge in [0.1, 0.15) is 0 Å². The second-order valence-electron chi connectivity index (χ2n) is 1.73. The van der Waals surface area contributed by atoms with Gasteiger partial charge in [0, 0.05) is 14.0 Å². The van der Waals surface area contributed by atoms with Crippen molar-refractivity contribution in [2.45, 2.75) is 12.4 Å². The standard InChI is InChI=1S/C4H6F3NO3S/c1-3(8-2)11-12(9,10)4(5,6)7/h1-2H3. The first-order chi connectivity index (χ1) is 5.20. The molecule has 0 unspecified atom stereocenters. The third-order valence-electron chi connectivity index (χ3n) is 0.829. The summed E-state index contributed by atoms with van der Waals surface area (Å²) in [5.74, 6) is -0.563. The van der Waals surface area contributed by atoms with Gasteiger partial charge in [-0.25, -0.2) is 0 Å². The van der Waals surface area contributed by atoms with Crippen molar-refractivity contribution in [3.8, 4) is 0 Å². The molecule has 0 atom stereocenters. The lowest BCUT2D eigenvalue weighted by Crippen LogP contribution is -2.27. The van der Waals surface area contributed by atoms with Crippen LogP contribution in [-0.4, -0.2) is 26.9 Å². The molecule has 4 nitrogen and oxygen atoms in total. The van der Waals surface area contributed by atoms with Crippen molar-refractivity contribution in [2.24, 2.45) is 4.99 Å². The molecule has 0 rings (SSSR count). The lowest BCUT2D eigenvalue weighted by atomic mass is 10.8. The van der Waals surface area contributed by atoms with Crippen molar-refractivity contribution in [1.29, 1.82) is 0 Å². The summed E-state index contributed by atoms with van der Waals surface area (Å²) in [6, 6.07) is 0. The third-order valence-corrected chi connectivity index (χ3v) is 1.86. The van der Waals surface area contributed by atoms with Crippen LogP contribution in [0.2, 0.25) is 0 Å². The second-order valence-corrected chi connectivity index (χ2v) is 3.26. The van der Waals surface area contributed by atoms with E-state index in [-0.39, 0.29) is 0 Å². The molecule has 0 aliphatic carbocycles. The Morgan fingerprint density at radius 3 is 2.08 bits per heavy atom. The molecular formula is C4H6F3NO3S. The van der Waals surface area contributed by atoms with Crippen LogP contribution in [0.15, 0.2) is 4.99 Å². The fraction of sp³-hybridized carbons (Fsp3) is 0.750. The van der Waals surface area contributed by atoms with Crippen LogP contribution in [0.5, 0.6) is 0 Å². The summed E-state index contributed by atoms with van der Waals surface area (Å²) < 4.78 is 58.6. The van der Waals surface area contributed by atoms with Crippen LogP contribution < -0.4 is 0 Å². The van der Waals surface area contributed by atoms with E-state index < -0.39 is 21.5 Å². The number of halogens is 3. The van der Waals surface area contributed by atoms with Crippen molar-refractivity contribution in [2.75, 3.05) is 7.05 Å². The summed E-state index contributed by atoms with van der Waals surface area (Å²) in [5.41, 5.74) is -5.40. The summed E-state index contributed by atoms with van der Waals surface area (Å²) in [7, 11) is -4.43. The Morgan fingerprint density at radius 2 is 1.83 bits per heavy atom. The molecular weight excluding hydrogens is 199 g/mol. The van der Waals surface area contributed by atoms with E-state index in [9.17, 15) is 21.6 Å². The predicted molar refractivity (Wildman–Crippen MR) is 35.1 cm³/mol. The van der Waals surface area contributed by atoms with E-state index in [1.807, 2.05) is 0 Å². The summed E-state index contributed by atoms with van der Waals surface area (Å²) >= 11 is 0. The van der Waals surface area contributed by atoms with Crippen molar-refractivity contribution in [3.05, 3.63) is 0 Å². The monoisotopic (exact) mass is 205 g/mol. The molecule has 0 heterocycles. The number of hydrogen-bond donors (Lipinski definition) is 0. The molecule has 0 saturated carbocycles. The molecule has 12 heavy (non-hydrogen) atoms. The lowest BCUT2D eigenvalue weighted by Gasteiger charge is -2.07. The average molecular weight is 205 g/mol. The maximum Gasteiger partial charge on any atom is 0.534 e. The molecule has 0 spiro atoms. The number of aliphatic imine (C=N–C) groups is 1. The molecule has 72 valence electrons. The minimum absolute atomic E-state index is 0.563.